The first-order valence-electron chi connectivity index (χ1n) is 7.69. The number of halogens is 2. The van der Waals surface area contributed by atoms with Gasteiger partial charge < -0.3 is 0 Å². The Balaban J connectivity index is 1.53. The molecule has 0 spiro atoms. The molecular weight excluding hydrogens is 312 g/mol. The molecule has 3 aromatic rings. The second-order valence-electron chi connectivity index (χ2n) is 5.78. The molecule has 4 heterocycles. The number of pyridine rings is 2. The van der Waals surface area contributed by atoms with Gasteiger partial charge in [0.15, 0.2) is 5.82 Å². The van der Waals surface area contributed by atoms with Gasteiger partial charge in [-0.05, 0) is 29.8 Å². The molecule has 0 aliphatic carbocycles. The highest BCUT2D eigenvalue weighted by atomic mass is 19.1. The summed E-state index contributed by atoms with van der Waals surface area (Å²) >= 11 is 0. The Labute approximate surface area is 137 Å². The Hall–Kier alpha value is -2.67. The van der Waals surface area contributed by atoms with Crippen LogP contribution in [0, 0.1) is 11.8 Å². The Morgan fingerprint density at radius 3 is 2.79 bits per heavy atom. The second-order valence-corrected chi connectivity index (χ2v) is 5.78. The highest BCUT2D eigenvalue weighted by Gasteiger charge is 2.20. The van der Waals surface area contributed by atoms with Crippen LogP contribution in [0.2, 0.25) is 0 Å². The van der Waals surface area contributed by atoms with Gasteiger partial charge in [0, 0.05) is 32.0 Å². The minimum absolute atomic E-state index is 0.272. The molecule has 7 heteroatoms. The van der Waals surface area contributed by atoms with Crippen molar-refractivity contribution < 1.29 is 8.78 Å². The molecule has 1 aliphatic heterocycles. The third kappa shape index (κ3) is 2.90. The molecule has 3 aromatic heterocycles. The van der Waals surface area contributed by atoms with Crippen LogP contribution in [0.4, 0.5) is 8.78 Å². The van der Waals surface area contributed by atoms with E-state index < -0.39 is 5.95 Å². The molecule has 0 atom stereocenters. The molecule has 24 heavy (non-hydrogen) atoms. The largest absolute Gasteiger partial charge is 0.291 e. The molecule has 0 unspecified atom stereocenters. The Morgan fingerprint density at radius 2 is 2.00 bits per heavy atom. The average Bonchev–Trinajstić information content (AvgIpc) is 3.00. The van der Waals surface area contributed by atoms with Gasteiger partial charge in [-0.15, -0.1) is 0 Å². The van der Waals surface area contributed by atoms with Gasteiger partial charge in [0.05, 0.1) is 12.2 Å². The van der Waals surface area contributed by atoms with Crippen molar-refractivity contribution in [3.8, 4) is 11.4 Å². The van der Waals surface area contributed by atoms with E-state index in [-0.39, 0.29) is 11.5 Å². The van der Waals surface area contributed by atoms with Gasteiger partial charge in [0.1, 0.15) is 11.4 Å². The lowest BCUT2D eigenvalue weighted by atomic mass is 10.2. The van der Waals surface area contributed by atoms with Crippen molar-refractivity contribution >= 4 is 0 Å². The molecule has 0 saturated heterocycles. The van der Waals surface area contributed by atoms with Crippen LogP contribution in [0.1, 0.15) is 11.3 Å². The molecule has 5 nitrogen and oxygen atoms in total. The van der Waals surface area contributed by atoms with Crippen molar-refractivity contribution in [3.05, 3.63) is 65.7 Å². The summed E-state index contributed by atoms with van der Waals surface area (Å²) in [7, 11) is 0. The Kier molecular flexibility index (Phi) is 3.78. The summed E-state index contributed by atoms with van der Waals surface area (Å²) in [5.41, 5.74) is 2.79. The summed E-state index contributed by atoms with van der Waals surface area (Å²) in [5, 5.41) is 4.46. The molecule has 4 rings (SSSR count). The first kappa shape index (κ1) is 14.9. The number of hydrogen-bond donors (Lipinski definition) is 0. The zero-order valence-electron chi connectivity index (χ0n) is 12.9. The SMILES string of the molecule is Fc1ccc(CN2CCn3nc(-c4ncccc4F)cc3C2)cn1. The van der Waals surface area contributed by atoms with Crippen molar-refractivity contribution in [2.24, 2.45) is 0 Å². The lowest BCUT2D eigenvalue weighted by molar-refractivity contribution is 0.205. The highest BCUT2D eigenvalue weighted by Crippen LogP contribution is 2.23. The fourth-order valence-corrected chi connectivity index (χ4v) is 2.90. The number of aromatic nitrogens is 4. The van der Waals surface area contributed by atoms with Gasteiger partial charge in [-0.25, -0.2) is 9.37 Å². The topological polar surface area (TPSA) is 46.8 Å². The van der Waals surface area contributed by atoms with E-state index in [4.69, 9.17) is 0 Å². The van der Waals surface area contributed by atoms with Crippen LogP contribution >= 0.6 is 0 Å². The third-order valence-electron chi connectivity index (χ3n) is 4.07. The monoisotopic (exact) mass is 327 g/mol. The lowest BCUT2D eigenvalue weighted by Gasteiger charge is -2.27. The van der Waals surface area contributed by atoms with E-state index >= 15 is 0 Å². The molecule has 0 fully saturated rings. The fraction of sp³-hybridized carbons (Fsp3) is 0.235. The van der Waals surface area contributed by atoms with Gasteiger partial charge >= 0.3 is 0 Å². The van der Waals surface area contributed by atoms with Crippen LogP contribution in [-0.4, -0.2) is 31.2 Å². The Morgan fingerprint density at radius 1 is 1.08 bits per heavy atom. The first-order chi connectivity index (χ1) is 11.7. The van der Waals surface area contributed by atoms with E-state index in [0.717, 1.165) is 24.3 Å². The van der Waals surface area contributed by atoms with Crippen LogP contribution in [0.25, 0.3) is 11.4 Å². The third-order valence-corrected chi connectivity index (χ3v) is 4.07. The maximum atomic E-state index is 13.9. The number of hydrogen-bond acceptors (Lipinski definition) is 4. The van der Waals surface area contributed by atoms with Crippen LogP contribution in [-0.2, 0) is 19.6 Å². The summed E-state index contributed by atoms with van der Waals surface area (Å²) in [5.74, 6) is -0.848. The summed E-state index contributed by atoms with van der Waals surface area (Å²) in [6, 6.07) is 7.93. The minimum Gasteiger partial charge on any atom is -0.291 e. The molecular formula is C17H15F2N5. The smallest absolute Gasteiger partial charge is 0.212 e. The normalized spacial score (nSPS) is 14.6. The molecule has 0 aromatic carbocycles. The number of nitrogens with zero attached hydrogens (tertiary/aromatic N) is 5. The van der Waals surface area contributed by atoms with Gasteiger partial charge in [0.2, 0.25) is 5.95 Å². The van der Waals surface area contributed by atoms with Crippen LogP contribution in [0.3, 0.4) is 0 Å². The average molecular weight is 327 g/mol. The van der Waals surface area contributed by atoms with Gasteiger partial charge in [-0.2, -0.15) is 9.49 Å². The lowest BCUT2D eigenvalue weighted by Crippen LogP contribution is -2.33. The van der Waals surface area contributed by atoms with Crippen molar-refractivity contribution in [1.82, 2.24) is 24.6 Å². The summed E-state index contributed by atoms with van der Waals surface area (Å²) in [6.45, 7) is 2.92. The van der Waals surface area contributed by atoms with Crippen molar-refractivity contribution in [2.45, 2.75) is 19.6 Å². The zero-order valence-corrected chi connectivity index (χ0v) is 12.9. The van der Waals surface area contributed by atoms with E-state index in [2.05, 4.69) is 20.0 Å². The minimum atomic E-state index is -0.475. The summed E-state index contributed by atoms with van der Waals surface area (Å²) < 4.78 is 28.7. The quantitative estimate of drug-likeness (QED) is 0.694. The standard InChI is InChI=1S/C17H15F2N5/c18-14-2-1-5-20-17(14)15-8-13-11-23(6-7-24(13)22-15)10-12-3-4-16(19)21-9-12/h1-5,8-9H,6-7,10-11H2. The van der Waals surface area contributed by atoms with Gasteiger partial charge in [0.25, 0.3) is 0 Å². The molecule has 1 aliphatic rings. The molecule has 0 saturated carbocycles. The predicted molar refractivity (Wildman–Crippen MR) is 83.7 cm³/mol. The summed E-state index contributed by atoms with van der Waals surface area (Å²) in [6.07, 6.45) is 3.11. The van der Waals surface area contributed by atoms with E-state index in [1.165, 1.54) is 12.1 Å². The molecule has 0 N–H and O–H groups in total. The molecule has 122 valence electrons. The predicted octanol–water partition coefficient (Wildman–Crippen LogP) is 2.63. The maximum Gasteiger partial charge on any atom is 0.212 e. The molecule has 0 radical (unpaired) electrons. The van der Waals surface area contributed by atoms with Crippen molar-refractivity contribution in [2.75, 3.05) is 6.54 Å². The summed E-state index contributed by atoms with van der Waals surface area (Å²) in [4.78, 5) is 9.99. The van der Waals surface area contributed by atoms with E-state index in [1.54, 1.807) is 24.5 Å². The number of fused-ring (bicyclic) bond motifs is 1. The van der Waals surface area contributed by atoms with E-state index in [9.17, 15) is 8.78 Å². The fourth-order valence-electron chi connectivity index (χ4n) is 2.90. The van der Waals surface area contributed by atoms with E-state index in [0.29, 0.717) is 18.8 Å². The van der Waals surface area contributed by atoms with E-state index in [1.807, 2.05) is 10.7 Å². The van der Waals surface area contributed by atoms with Crippen LogP contribution in [0.15, 0.2) is 42.7 Å². The second kappa shape index (κ2) is 6.09. The molecule has 0 bridgehead atoms. The van der Waals surface area contributed by atoms with Gasteiger partial charge in [-0.1, -0.05) is 6.07 Å². The Bertz CT molecular complexity index is 860. The zero-order chi connectivity index (χ0) is 16.5. The van der Waals surface area contributed by atoms with Crippen molar-refractivity contribution in [1.29, 1.82) is 0 Å². The molecule has 0 amide bonds. The highest BCUT2D eigenvalue weighted by molar-refractivity contribution is 5.55. The number of rotatable bonds is 3. The van der Waals surface area contributed by atoms with Crippen LogP contribution in [0.5, 0.6) is 0 Å². The maximum absolute atomic E-state index is 13.9. The first-order valence-corrected chi connectivity index (χ1v) is 7.69. The van der Waals surface area contributed by atoms with Crippen LogP contribution < -0.4 is 0 Å². The van der Waals surface area contributed by atoms with Gasteiger partial charge in [-0.3, -0.25) is 14.6 Å². The van der Waals surface area contributed by atoms with Crippen molar-refractivity contribution in [3.63, 3.8) is 0 Å².